The first kappa shape index (κ1) is 16.0. The van der Waals surface area contributed by atoms with Gasteiger partial charge in [0, 0.05) is 5.92 Å². The Morgan fingerprint density at radius 3 is 2.28 bits per heavy atom. The van der Waals surface area contributed by atoms with E-state index in [-0.39, 0.29) is 22.5 Å². The van der Waals surface area contributed by atoms with Crippen molar-refractivity contribution in [1.29, 1.82) is 0 Å². The van der Waals surface area contributed by atoms with Gasteiger partial charge in [-0.3, -0.25) is 4.79 Å². The minimum atomic E-state index is -0.443. The van der Waals surface area contributed by atoms with E-state index in [2.05, 4.69) is 34.6 Å². The zero-order valence-corrected chi connectivity index (χ0v) is 14.1. The molecule has 0 radical (unpaired) electrons. The second-order valence-corrected chi connectivity index (χ2v) is 9.06. The second-order valence-electron chi connectivity index (χ2n) is 7.04. The Balaban J connectivity index is 2.63. The van der Waals surface area contributed by atoms with Crippen LogP contribution in [0.25, 0.3) is 0 Å². The molecule has 1 rings (SSSR count). The molecule has 1 aliphatic rings. The van der Waals surface area contributed by atoms with Crippen molar-refractivity contribution in [3.8, 4) is 0 Å². The van der Waals surface area contributed by atoms with Crippen LogP contribution in [0.2, 0.25) is 0 Å². The summed E-state index contributed by atoms with van der Waals surface area (Å²) in [7, 11) is 0. The molecule has 0 aromatic heterocycles. The smallest absolute Gasteiger partial charge is 0.220 e. The quantitative estimate of drug-likeness (QED) is 0.716. The molecule has 18 heavy (non-hydrogen) atoms. The molecule has 0 spiro atoms. The average molecular weight is 288 g/mol. The summed E-state index contributed by atoms with van der Waals surface area (Å²) in [6.45, 7) is 15.1. The Bertz CT molecular complexity index is 368. The van der Waals surface area contributed by atoms with Gasteiger partial charge in [0.25, 0.3) is 0 Å². The highest BCUT2D eigenvalue weighted by Crippen LogP contribution is 2.58. The zero-order chi connectivity index (χ0) is 14.4. The topological polar surface area (TPSA) is 26.3 Å². The molecule has 0 bridgehead atoms. The average Bonchev–Trinajstić information content (AvgIpc) is 2.23. The third kappa shape index (κ3) is 2.74. The molecule has 2 nitrogen and oxygen atoms in total. The number of rotatable bonds is 2. The van der Waals surface area contributed by atoms with Crippen molar-refractivity contribution in [1.82, 2.24) is 0 Å². The van der Waals surface area contributed by atoms with Crippen LogP contribution in [-0.4, -0.2) is 21.5 Å². The van der Waals surface area contributed by atoms with Crippen LogP contribution in [0.15, 0.2) is 0 Å². The fraction of sp³-hybridized carbons (Fsp3) is 0.857. The molecule has 4 heteroatoms. The SMILES string of the molecule is CC1C(=O)C(C)(SC(=S)OCC(C)(C)C)C1(C)C. The number of carbonyl (C=O) groups is 1. The molecule has 0 aromatic carbocycles. The van der Waals surface area contributed by atoms with E-state index in [1.165, 1.54) is 11.8 Å². The third-order valence-corrected chi connectivity index (χ3v) is 5.87. The van der Waals surface area contributed by atoms with Crippen LogP contribution in [-0.2, 0) is 9.53 Å². The largest absolute Gasteiger partial charge is 0.478 e. The Labute approximate surface area is 120 Å². The first-order valence-corrected chi connectivity index (χ1v) is 7.54. The fourth-order valence-corrected chi connectivity index (χ4v) is 3.77. The monoisotopic (exact) mass is 288 g/mol. The third-order valence-electron chi connectivity index (χ3n) is 4.09. The molecule has 0 aliphatic heterocycles. The van der Waals surface area contributed by atoms with Gasteiger partial charge in [0.1, 0.15) is 0 Å². The molecule has 1 fully saturated rings. The lowest BCUT2D eigenvalue weighted by atomic mass is 9.54. The summed E-state index contributed by atoms with van der Waals surface area (Å²) in [4.78, 5) is 12.1. The van der Waals surface area contributed by atoms with Crippen molar-refractivity contribution >= 4 is 34.1 Å². The molecule has 0 heterocycles. The van der Waals surface area contributed by atoms with Gasteiger partial charge in [-0.25, -0.2) is 0 Å². The minimum Gasteiger partial charge on any atom is -0.478 e. The molecule has 2 atom stereocenters. The maximum Gasteiger partial charge on any atom is 0.220 e. The fourth-order valence-electron chi connectivity index (χ4n) is 2.05. The van der Waals surface area contributed by atoms with Crippen LogP contribution < -0.4 is 0 Å². The van der Waals surface area contributed by atoms with E-state index in [0.717, 1.165) is 0 Å². The van der Waals surface area contributed by atoms with Crippen molar-refractivity contribution in [3.63, 3.8) is 0 Å². The molecular weight excluding hydrogens is 264 g/mol. The minimum absolute atomic E-state index is 0.0378. The number of carbonyl (C=O) groups excluding carboxylic acids is 1. The molecule has 1 saturated carbocycles. The molecular formula is C14H24O2S2. The summed E-state index contributed by atoms with van der Waals surface area (Å²) in [5.41, 5.74) is 0.0435. The van der Waals surface area contributed by atoms with Crippen LogP contribution in [0.5, 0.6) is 0 Å². The van der Waals surface area contributed by atoms with E-state index in [9.17, 15) is 4.79 Å². The Kier molecular flexibility index (Phi) is 4.24. The van der Waals surface area contributed by atoms with Crippen molar-refractivity contribution in [2.45, 2.75) is 53.2 Å². The zero-order valence-electron chi connectivity index (χ0n) is 12.4. The van der Waals surface area contributed by atoms with E-state index in [4.69, 9.17) is 17.0 Å². The lowest BCUT2D eigenvalue weighted by molar-refractivity contribution is -0.144. The summed E-state index contributed by atoms with van der Waals surface area (Å²) >= 11 is 6.66. The Morgan fingerprint density at radius 1 is 1.39 bits per heavy atom. The summed E-state index contributed by atoms with van der Waals surface area (Å²) in [6.07, 6.45) is 0. The van der Waals surface area contributed by atoms with Crippen molar-refractivity contribution in [3.05, 3.63) is 0 Å². The van der Waals surface area contributed by atoms with Crippen molar-refractivity contribution < 1.29 is 9.53 Å². The number of Topliss-reactive ketones (excluding diaryl/α,β-unsaturated/α-hetero) is 1. The second kappa shape index (κ2) is 4.78. The summed E-state index contributed by atoms with van der Waals surface area (Å²) in [6, 6.07) is 0. The van der Waals surface area contributed by atoms with Gasteiger partial charge in [0.2, 0.25) is 4.38 Å². The van der Waals surface area contributed by atoms with Gasteiger partial charge in [-0.05, 0) is 30.0 Å². The highest BCUT2D eigenvalue weighted by atomic mass is 32.2. The summed E-state index contributed by atoms with van der Waals surface area (Å²) < 4.78 is 5.64. The predicted molar refractivity (Wildman–Crippen MR) is 82.0 cm³/mol. The number of ether oxygens (including phenoxy) is 1. The molecule has 0 amide bonds. The highest BCUT2D eigenvalue weighted by Gasteiger charge is 2.63. The lowest BCUT2D eigenvalue weighted by Crippen LogP contribution is -2.64. The summed E-state index contributed by atoms with van der Waals surface area (Å²) in [5, 5.41) is 0. The number of thioether (sulfide) groups is 1. The first-order valence-electron chi connectivity index (χ1n) is 6.32. The summed E-state index contributed by atoms with van der Waals surface area (Å²) in [5.74, 6) is 0.375. The Hall–Kier alpha value is -0.0900. The van der Waals surface area contributed by atoms with Crippen LogP contribution in [0, 0.1) is 16.7 Å². The lowest BCUT2D eigenvalue weighted by Gasteiger charge is -2.56. The number of ketones is 1. The van der Waals surface area contributed by atoms with Gasteiger partial charge in [-0.1, -0.05) is 53.3 Å². The molecule has 0 saturated heterocycles. The van der Waals surface area contributed by atoms with Crippen LogP contribution in [0.1, 0.15) is 48.5 Å². The van der Waals surface area contributed by atoms with Gasteiger partial charge in [-0.15, -0.1) is 0 Å². The molecule has 104 valence electrons. The highest BCUT2D eigenvalue weighted by molar-refractivity contribution is 8.24. The Morgan fingerprint density at radius 2 is 1.89 bits per heavy atom. The van der Waals surface area contributed by atoms with Gasteiger partial charge in [-0.2, -0.15) is 0 Å². The standard InChI is InChI=1S/C14H24O2S2/c1-9-10(15)14(7,13(9,5)6)18-11(17)16-8-12(2,3)4/h9H,8H2,1-7H3. The maximum atomic E-state index is 12.1. The number of hydrogen-bond acceptors (Lipinski definition) is 4. The van der Waals surface area contributed by atoms with Gasteiger partial charge < -0.3 is 4.74 Å². The van der Waals surface area contributed by atoms with Crippen LogP contribution in [0.3, 0.4) is 0 Å². The van der Waals surface area contributed by atoms with E-state index >= 15 is 0 Å². The van der Waals surface area contributed by atoms with Crippen LogP contribution in [0.4, 0.5) is 0 Å². The first-order chi connectivity index (χ1) is 7.92. The van der Waals surface area contributed by atoms with Gasteiger partial charge in [0.05, 0.1) is 11.4 Å². The van der Waals surface area contributed by atoms with Crippen molar-refractivity contribution in [2.75, 3.05) is 6.61 Å². The van der Waals surface area contributed by atoms with E-state index < -0.39 is 4.75 Å². The van der Waals surface area contributed by atoms with E-state index in [1.54, 1.807) is 0 Å². The normalized spacial score (nSPS) is 30.8. The predicted octanol–water partition coefficient (Wildman–Crippen LogP) is 4.07. The number of hydrogen-bond donors (Lipinski definition) is 0. The van der Waals surface area contributed by atoms with Gasteiger partial charge >= 0.3 is 0 Å². The molecule has 1 aliphatic carbocycles. The van der Waals surface area contributed by atoms with Gasteiger partial charge in [0.15, 0.2) is 5.78 Å². The van der Waals surface area contributed by atoms with E-state index in [1.807, 2.05) is 13.8 Å². The molecule has 0 aromatic rings. The maximum absolute atomic E-state index is 12.1. The molecule has 0 N–H and O–H groups in total. The molecule has 2 unspecified atom stereocenters. The van der Waals surface area contributed by atoms with Crippen molar-refractivity contribution in [2.24, 2.45) is 16.7 Å². The van der Waals surface area contributed by atoms with E-state index in [0.29, 0.717) is 11.0 Å². The number of thiocarbonyl (C=S) groups is 1. The van der Waals surface area contributed by atoms with Crippen LogP contribution >= 0.6 is 24.0 Å².